The lowest BCUT2D eigenvalue weighted by atomic mass is 10.2. The molecule has 1 saturated heterocycles. The van der Waals surface area contributed by atoms with Crippen LogP contribution in [-0.2, 0) is 11.0 Å². The van der Waals surface area contributed by atoms with Crippen molar-refractivity contribution in [3.8, 4) is 0 Å². The predicted octanol–water partition coefficient (Wildman–Crippen LogP) is 2.30. The summed E-state index contributed by atoms with van der Waals surface area (Å²) in [5, 5.41) is 2.78. The molecule has 0 unspecified atom stereocenters. The molecule has 2 rings (SSSR count). The highest BCUT2D eigenvalue weighted by Gasteiger charge is 2.31. The van der Waals surface area contributed by atoms with Crippen LogP contribution < -0.4 is 10.2 Å². The Bertz CT molecular complexity index is 589. The van der Waals surface area contributed by atoms with Crippen LogP contribution in [0.1, 0.15) is 18.9 Å². The molecule has 0 aliphatic carbocycles. The standard InChI is InChI=1S/C17H23F3N4O/c1-3-7-21-16(25)13(2)23-8-4-9-24(11-10-23)15-6-5-14(12-22-15)17(18,19)20/h3,5-6,12-13H,1,4,7-11H2,2H3,(H,21,25)/t13-/m0/s1. The van der Waals surface area contributed by atoms with Gasteiger partial charge in [0.2, 0.25) is 5.91 Å². The zero-order valence-corrected chi connectivity index (χ0v) is 14.2. The first-order chi connectivity index (χ1) is 11.8. The second-order valence-electron chi connectivity index (χ2n) is 5.99. The number of carbonyl (C=O) groups is 1. The van der Waals surface area contributed by atoms with Gasteiger partial charge in [0.1, 0.15) is 5.82 Å². The summed E-state index contributed by atoms with van der Waals surface area (Å²) in [4.78, 5) is 20.0. The van der Waals surface area contributed by atoms with E-state index in [0.29, 0.717) is 32.0 Å². The van der Waals surface area contributed by atoms with E-state index in [4.69, 9.17) is 0 Å². The van der Waals surface area contributed by atoms with Gasteiger partial charge in [-0.1, -0.05) is 6.08 Å². The van der Waals surface area contributed by atoms with Crippen LogP contribution in [0.15, 0.2) is 31.0 Å². The number of halogens is 3. The zero-order valence-electron chi connectivity index (χ0n) is 14.2. The van der Waals surface area contributed by atoms with Crippen LogP contribution in [-0.4, -0.2) is 54.6 Å². The number of hydrogen-bond donors (Lipinski definition) is 1. The lowest BCUT2D eigenvalue weighted by molar-refractivity contribution is -0.137. The Morgan fingerprint density at radius 3 is 2.72 bits per heavy atom. The first-order valence-corrected chi connectivity index (χ1v) is 8.24. The Kier molecular flexibility index (Phi) is 6.41. The third-order valence-corrected chi connectivity index (χ3v) is 4.28. The second kappa shape index (κ2) is 8.33. The number of aromatic nitrogens is 1. The topological polar surface area (TPSA) is 48.5 Å². The molecule has 0 bridgehead atoms. The molecular formula is C17H23F3N4O. The van der Waals surface area contributed by atoms with Crippen molar-refractivity contribution in [1.29, 1.82) is 0 Å². The van der Waals surface area contributed by atoms with Gasteiger partial charge in [0.25, 0.3) is 0 Å². The van der Waals surface area contributed by atoms with Gasteiger partial charge in [-0.25, -0.2) is 4.98 Å². The maximum absolute atomic E-state index is 12.6. The average molecular weight is 356 g/mol. The van der Waals surface area contributed by atoms with Gasteiger partial charge in [-0.2, -0.15) is 13.2 Å². The van der Waals surface area contributed by atoms with E-state index >= 15 is 0 Å². The number of pyridine rings is 1. The van der Waals surface area contributed by atoms with Crippen LogP contribution in [0.4, 0.5) is 19.0 Å². The summed E-state index contributed by atoms with van der Waals surface area (Å²) in [5.74, 6) is 0.472. The molecule has 1 aromatic heterocycles. The summed E-state index contributed by atoms with van der Waals surface area (Å²) in [6.07, 6.45) is -1.08. The number of carbonyl (C=O) groups excluding carboxylic acids is 1. The van der Waals surface area contributed by atoms with Crippen LogP contribution in [0.3, 0.4) is 0 Å². The van der Waals surface area contributed by atoms with Gasteiger partial charge in [0.15, 0.2) is 0 Å². The first kappa shape index (κ1) is 19.2. The molecule has 1 atom stereocenters. The molecule has 1 fully saturated rings. The number of nitrogens with one attached hydrogen (secondary N) is 1. The molecule has 2 heterocycles. The first-order valence-electron chi connectivity index (χ1n) is 8.24. The van der Waals surface area contributed by atoms with Crippen LogP contribution in [0.5, 0.6) is 0 Å². The molecule has 1 aliphatic rings. The number of alkyl halides is 3. The number of nitrogens with zero attached hydrogens (tertiary/aromatic N) is 3. The number of anilines is 1. The molecule has 5 nitrogen and oxygen atoms in total. The molecule has 138 valence electrons. The monoisotopic (exact) mass is 356 g/mol. The minimum atomic E-state index is -4.38. The fraction of sp³-hybridized carbons (Fsp3) is 0.529. The minimum Gasteiger partial charge on any atom is -0.355 e. The van der Waals surface area contributed by atoms with Crippen molar-refractivity contribution >= 4 is 11.7 Å². The molecule has 0 radical (unpaired) electrons. The van der Waals surface area contributed by atoms with Crippen molar-refractivity contribution in [3.63, 3.8) is 0 Å². The average Bonchev–Trinajstić information content (AvgIpc) is 2.84. The third-order valence-electron chi connectivity index (χ3n) is 4.28. The quantitative estimate of drug-likeness (QED) is 0.823. The van der Waals surface area contributed by atoms with Gasteiger partial charge < -0.3 is 10.2 Å². The highest BCUT2D eigenvalue weighted by molar-refractivity contribution is 5.81. The number of rotatable bonds is 5. The van der Waals surface area contributed by atoms with Gasteiger partial charge in [-0.15, -0.1) is 6.58 Å². The Morgan fingerprint density at radius 1 is 1.36 bits per heavy atom. The Hall–Kier alpha value is -2.09. The van der Waals surface area contributed by atoms with Crippen molar-refractivity contribution in [2.75, 3.05) is 37.6 Å². The smallest absolute Gasteiger partial charge is 0.355 e. The van der Waals surface area contributed by atoms with Crippen molar-refractivity contribution < 1.29 is 18.0 Å². The molecule has 1 amide bonds. The van der Waals surface area contributed by atoms with E-state index < -0.39 is 11.7 Å². The van der Waals surface area contributed by atoms with E-state index in [-0.39, 0.29) is 11.9 Å². The highest BCUT2D eigenvalue weighted by Crippen LogP contribution is 2.29. The summed E-state index contributed by atoms with van der Waals surface area (Å²) >= 11 is 0. The van der Waals surface area contributed by atoms with E-state index in [0.717, 1.165) is 25.2 Å². The van der Waals surface area contributed by atoms with Gasteiger partial charge in [0, 0.05) is 38.9 Å². The largest absolute Gasteiger partial charge is 0.417 e. The molecule has 0 aromatic carbocycles. The normalized spacial score (nSPS) is 17.7. The van der Waals surface area contributed by atoms with E-state index in [2.05, 4.69) is 21.8 Å². The fourth-order valence-electron chi connectivity index (χ4n) is 2.78. The molecule has 1 N–H and O–H groups in total. The van der Waals surface area contributed by atoms with Crippen molar-refractivity contribution in [3.05, 3.63) is 36.5 Å². The zero-order chi connectivity index (χ0) is 18.4. The summed E-state index contributed by atoms with van der Waals surface area (Å²) in [6, 6.07) is 2.19. The van der Waals surface area contributed by atoms with Crippen LogP contribution >= 0.6 is 0 Å². The molecule has 0 spiro atoms. The lowest BCUT2D eigenvalue weighted by Gasteiger charge is -2.27. The van der Waals surface area contributed by atoms with Crippen LogP contribution in [0.25, 0.3) is 0 Å². The Labute approximate surface area is 145 Å². The molecule has 1 aliphatic heterocycles. The number of hydrogen-bond acceptors (Lipinski definition) is 4. The fourth-order valence-corrected chi connectivity index (χ4v) is 2.78. The SMILES string of the molecule is C=CCNC(=O)[C@H](C)N1CCCN(c2ccc(C(F)(F)F)cn2)CC1. The molecule has 1 aromatic rings. The summed E-state index contributed by atoms with van der Waals surface area (Å²) in [7, 11) is 0. The van der Waals surface area contributed by atoms with Gasteiger partial charge >= 0.3 is 6.18 Å². The van der Waals surface area contributed by atoms with Crippen molar-refractivity contribution in [2.24, 2.45) is 0 Å². The van der Waals surface area contributed by atoms with Crippen LogP contribution in [0, 0.1) is 0 Å². The van der Waals surface area contributed by atoms with E-state index in [1.54, 1.807) is 6.08 Å². The van der Waals surface area contributed by atoms with Crippen LogP contribution in [0.2, 0.25) is 0 Å². The van der Waals surface area contributed by atoms with E-state index in [9.17, 15) is 18.0 Å². The van der Waals surface area contributed by atoms with Crippen molar-refractivity contribution in [2.45, 2.75) is 25.6 Å². The Morgan fingerprint density at radius 2 is 2.12 bits per heavy atom. The van der Waals surface area contributed by atoms with Crippen molar-refractivity contribution in [1.82, 2.24) is 15.2 Å². The second-order valence-corrected chi connectivity index (χ2v) is 5.99. The summed E-state index contributed by atoms with van der Waals surface area (Å²) < 4.78 is 37.9. The van der Waals surface area contributed by atoms with E-state index in [1.165, 1.54) is 6.07 Å². The maximum Gasteiger partial charge on any atom is 0.417 e. The van der Waals surface area contributed by atoms with Gasteiger partial charge in [-0.05, 0) is 25.5 Å². The minimum absolute atomic E-state index is 0.0546. The lowest BCUT2D eigenvalue weighted by Crippen LogP contribution is -2.46. The third kappa shape index (κ3) is 5.19. The number of amides is 1. The van der Waals surface area contributed by atoms with Gasteiger partial charge in [0.05, 0.1) is 11.6 Å². The summed E-state index contributed by atoms with van der Waals surface area (Å²) in [6.45, 7) is 8.55. The van der Waals surface area contributed by atoms with E-state index in [1.807, 2.05) is 11.8 Å². The molecule has 8 heteroatoms. The Balaban J connectivity index is 1.96. The predicted molar refractivity (Wildman–Crippen MR) is 90.3 cm³/mol. The van der Waals surface area contributed by atoms with Gasteiger partial charge in [-0.3, -0.25) is 9.69 Å². The summed E-state index contributed by atoms with van der Waals surface area (Å²) in [5.41, 5.74) is -0.750. The highest BCUT2D eigenvalue weighted by atomic mass is 19.4. The molecule has 25 heavy (non-hydrogen) atoms. The molecular weight excluding hydrogens is 333 g/mol. The maximum atomic E-state index is 12.6. The molecule has 0 saturated carbocycles.